The second-order valence-corrected chi connectivity index (χ2v) is 18.9. The molecule has 0 fully saturated rings. The van der Waals surface area contributed by atoms with E-state index in [9.17, 15) is 19.8 Å². The first kappa shape index (κ1) is 62.6. The molecule has 0 saturated heterocycles. The number of nitrogens with one attached hydrogen (secondary N) is 1. The highest BCUT2D eigenvalue weighted by Crippen LogP contribution is 2.15. The smallest absolute Gasteiger partial charge is 0.305 e. The van der Waals surface area contributed by atoms with E-state index >= 15 is 0 Å². The Hall–Kier alpha value is -2.44. The molecule has 0 aliphatic rings. The lowest BCUT2D eigenvalue weighted by Gasteiger charge is -2.20. The zero-order valence-corrected chi connectivity index (χ0v) is 43.0. The predicted octanol–water partition coefficient (Wildman–Crippen LogP) is 17.2. The van der Waals surface area contributed by atoms with Crippen LogP contribution in [-0.2, 0) is 14.3 Å². The summed E-state index contributed by atoms with van der Waals surface area (Å²) < 4.78 is 5.45. The van der Waals surface area contributed by atoms with E-state index in [1.54, 1.807) is 6.08 Å². The van der Waals surface area contributed by atoms with Crippen LogP contribution in [0.5, 0.6) is 0 Å². The largest absolute Gasteiger partial charge is 0.466 e. The molecular weight excluding hydrogens is 803 g/mol. The first-order valence-corrected chi connectivity index (χ1v) is 28.1. The van der Waals surface area contributed by atoms with Crippen molar-refractivity contribution in [3.05, 3.63) is 60.8 Å². The molecule has 0 heterocycles. The standard InChI is InChI=1S/C59H107NO5/c1-3-5-7-9-11-13-15-17-19-20-21-25-29-33-37-41-45-49-53-59(64)65-54-50-46-42-38-34-30-26-22-24-28-32-36-40-44-48-52-58(63)60-56(55-61)57(62)51-47-43-39-35-31-27-23-18-16-14-12-10-8-6-4-2/h13,15,19-20,22,26,30,34,47,51,56-57,61-62H,3-12,14,16-18,21,23-25,27-29,31-33,35-46,48-50,52-55H2,1-2H3,(H,60,63)/b15-13-,20-19-,26-22-,34-30-,51-47+. The summed E-state index contributed by atoms with van der Waals surface area (Å²) in [5.74, 6) is -0.123. The number of carbonyl (C=O) groups is 2. The third-order valence-corrected chi connectivity index (χ3v) is 12.5. The summed E-state index contributed by atoms with van der Waals surface area (Å²) in [6, 6.07) is -0.646. The summed E-state index contributed by atoms with van der Waals surface area (Å²) in [4.78, 5) is 24.5. The van der Waals surface area contributed by atoms with Crippen LogP contribution < -0.4 is 5.32 Å². The molecule has 0 radical (unpaired) electrons. The lowest BCUT2D eigenvalue weighted by molar-refractivity contribution is -0.143. The minimum Gasteiger partial charge on any atom is -0.466 e. The van der Waals surface area contributed by atoms with E-state index < -0.39 is 12.1 Å². The van der Waals surface area contributed by atoms with Crippen LogP contribution in [-0.4, -0.2) is 47.4 Å². The fraction of sp³-hybridized carbons (Fsp3) is 0.797. The summed E-state index contributed by atoms with van der Waals surface area (Å²) >= 11 is 0. The van der Waals surface area contributed by atoms with Crippen LogP contribution in [0.25, 0.3) is 0 Å². The molecule has 0 rings (SSSR count). The summed E-state index contributed by atoms with van der Waals surface area (Å²) in [6.45, 7) is 4.82. The summed E-state index contributed by atoms with van der Waals surface area (Å²) in [7, 11) is 0. The fourth-order valence-corrected chi connectivity index (χ4v) is 8.18. The third-order valence-electron chi connectivity index (χ3n) is 12.5. The Morgan fingerprint density at radius 1 is 0.446 bits per heavy atom. The van der Waals surface area contributed by atoms with Crippen LogP contribution in [0.15, 0.2) is 60.8 Å². The number of hydrogen-bond acceptors (Lipinski definition) is 5. The number of amides is 1. The minimum absolute atomic E-state index is 0.0310. The molecule has 6 nitrogen and oxygen atoms in total. The maximum atomic E-state index is 12.4. The molecule has 0 aromatic rings. The van der Waals surface area contributed by atoms with Gasteiger partial charge in [-0.3, -0.25) is 9.59 Å². The Kier molecular flexibility index (Phi) is 52.1. The highest BCUT2D eigenvalue weighted by molar-refractivity contribution is 5.76. The van der Waals surface area contributed by atoms with Crippen LogP contribution in [0.1, 0.15) is 277 Å². The molecule has 378 valence electrons. The van der Waals surface area contributed by atoms with E-state index in [1.165, 1.54) is 167 Å². The third kappa shape index (κ3) is 50.8. The SMILES string of the molecule is CCCCCC/C=C\C/C=C\CCCCCCCCCC(=O)OCCCCC/C=C\C=C/CCCCCCCCC(=O)NC(CO)C(O)/C=C/CCCCCCCCCCCCCCC. The number of carbonyl (C=O) groups excluding carboxylic acids is 2. The van der Waals surface area contributed by atoms with Crippen LogP contribution in [0.3, 0.4) is 0 Å². The van der Waals surface area contributed by atoms with Gasteiger partial charge in [0.05, 0.1) is 25.4 Å². The van der Waals surface area contributed by atoms with Crippen molar-refractivity contribution in [2.75, 3.05) is 13.2 Å². The van der Waals surface area contributed by atoms with E-state index in [2.05, 4.69) is 67.8 Å². The average molecular weight is 911 g/mol. The summed E-state index contributed by atoms with van der Waals surface area (Å²) in [5, 5.41) is 23.1. The number of allylic oxidation sites excluding steroid dienone is 9. The minimum atomic E-state index is -0.860. The maximum Gasteiger partial charge on any atom is 0.305 e. The molecule has 0 spiro atoms. The summed E-state index contributed by atoms with van der Waals surface area (Å²) in [5.41, 5.74) is 0. The number of unbranched alkanes of at least 4 members (excludes halogenated alkanes) is 33. The van der Waals surface area contributed by atoms with Crippen LogP contribution in [0.2, 0.25) is 0 Å². The van der Waals surface area contributed by atoms with Gasteiger partial charge in [0.1, 0.15) is 0 Å². The van der Waals surface area contributed by atoms with Crippen LogP contribution in [0, 0.1) is 0 Å². The van der Waals surface area contributed by atoms with Gasteiger partial charge in [-0.25, -0.2) is 0 Å². The maximum absolute atomic E-state index is 12.4. The zero-order chi connectivity index (χ0) is 47.2. The van der Waals surface area contributed by atoms with E-state index in [-0.39, 0.29) is 18.5 Å². The van der Waals surface area contributed by atoms with Crippen molar-refractivity contribution in [1.82, 2.24) is 5.32 Å². The molecule has 3 N–H and O–H groups in total. The highest BCUT2D eigenvalue weighted by atomic mass is 16.5. The Balaban J connectivity index is 3.56. The van der Waals surface area contributed by atoms with E-state index in [0.717, 1.165) is 83.5 Å². The molecule has 6 heteroatoms. The van der Waals surface area contributed by atoms with Gasteiger partial charge in [0, 0.05) is 12.8 Å². The average Bonchev–Trinajstić information content (AvgIpc) is 3.31. The molecule has 65 heavy (non-hydrogen) atoms. The van der Waals surface area contributed by atoms with E-state index in [4.69, 9.17) is 4.74 Å². The van der Waals surface area contributed by atoms with Gasteiger partial charge in [0.2, 0.25) is 5.91 Å². The normalized spacial score (nSPS) is 13.1. The fourth-order valence-electron chi connectivity index (χ4n) is 8.18. The van der Waals surface area contributed by atoms with Crippen molar-refractivity contribution in [3.63, 3.8) is 0 Å². The van der Waals surface area contributed by atoms with Gasteiger partial charge in [-0.05, 0) is 96.3 Å². The number of ether oxygens (including phenoxy) is 1. The Morgan fingerprint density at radius 3 is 1.28 bits per heavy atom. The number of esters is 1. The number of aliphatic hydroxyl groups excluding tert-OH is 2. The number of hydrogen-bond donors (Lipinski definition) is 3. The summed E-state index contributed by atoms with van der Waals surface area (Å²) in [6.07, 6.45) is 69.4. The second kappa shape index (κ2) is 54.2. The number of rotatable bonds is 51. The molecule has 0 aliphatic heterocycles. The number of aliphatic hydroxyl groups is 2. The van der Waals surface area contributed by atoms with Crippen molar-refractivity contribution in [2.24, 2.45) is 0 Å². The van der Waals surface area contributed by atoms with Crippen molar-refractivity contribution in [2.45, 2.75) is 289 Å². The van der Waals surface area contributed by atoms with Crippen LogP contribution in [0.4, 0.5) is 0 Å². The van der Waals surface area contributed by atoms with Crippen LogP contribution >= 0.6 is 0 Å². The molecule has 0 bridgehead atoms. The van der Waals surface area contributed by atoms with Gasteiger partial charge in [-0.15, -0.1) is 0 Å². The molecular formula is C59H107NO5. The van der Waals surface area contributed by atoms with Gasteiger partial charge >= 0.3 is 5.97 Å². The van der Waals surface area contributed by atoms with E-state index in [0.29, 0.717) is 19.4 Å². The highest BCUT2D eigenvalue weighted by Gasteiger charge is 2.18. The molecule has 0 aliphatic carbocycles. The molecule has 0 aromatic heterocycles. The Bertz CT molecular complexity index is 1140. The Morgan fingerprint density at radius 2 is 0.815 bits per heavy atom. The van der Waals surface area contributed by atoms with Gasteiger partial charge in [-0.1, -0.05) is 229 Å². The van der Waals surface area contributed by atoms with E-state index in [1.807, 2.05) is 6.08 Å². The topological polar surface area (TPSA) is 95.9 Å². The second-order valence-electron chi connectivity index (χ2n) is 18.9. The monoisotopic (exact) mass is 910 g/mol. The molecule has 0 aromatic carbocycles. The first-order chi connectivity index (χ1) is 32.0. The zero-order valence-electron chi connectivity index (χ0n) is 43.0. The van der Waals surface area contributed by atoms with Gasteiger partial charge in [0.15, 0.2) is 0 Å². The quantitative estimate of drug-likeness (QED) is 0.0245. The predicted molar refractivity (Wildman–Crippen MR) is 282 cm³/mol. The lowest BCUT2D eigenvalue weighted by Crippen LogP contribution is -2.45. The van der Waals surface area contributed by atoms with Crippen molar-refractivity contribution in [1.29, 1.82) is 0 Å². The van der Waals surface area contributed by atoms with Gasteiger partial charge in [0.25, 0.3) is 0 Å². The molecule has 2 atom stereocenters. The van der Waals surface area contributed by atoms with Gasteiger partial charge in [-0.2, -0.15) is 0 Å². The first-order valence-electron chi connectivity index (χ1n) is 28.1. The van der Waals surface area contributed by atoms with Crippen molar-refractivity contribution < 1.29 is 24.5 Å². The lowest BCUT2D eigenvalue weighted by atomic mass is 10.0. The van der Waals surface area contributed by atoms with Crippen molar-refractivity contribution >= 4 is 11.9 Å². The van der Waals surface area contributed by atoms with Crippen molar-refractivity contribution in [3.8, 4) is 0 Å². The molecule has 1 amide bonds. The molecule has 2 unspecified atom stereocenters. The molecule has 0 saturated carbocycles. The van der Waals surface area contributed by atoms with Gasteiger partial charge < -0.3 is 20.3 Å². The Labute approximate surface area is 403 Å².